The van der Waals surface area contributed by atoms with Crippen molar-refractivity contribution in [2.24, 2.45) is 0 Å². The predicted molar refractivity (Wildman–Crippen MR) is 94.0 cm³/mol. The number of carbonyl (C=O) groups excluding carboxylic acids is 1. The maximum absolute atomic E-state index is 12.2. The van der Waals surface area contributed by atoms with E-state index in [4.69, 9.17) is 0 Å². The average molecular weight is 366 g/mol. The topological polar surface area (TPSA) is 91.4 Å². The molecule has 9 heteroatoms. The van der Waals surface area contributed by atoms with Crippen LogP contribution in [0.3, 0.4) is 0 Å². The van der Waals surface area contributed by atoms with E-state index in [1.807, 2.05) is 0 Å². The van der Waals surface area contributed by atoms with Crippen molar-refractivity contribution in [2.75, 3.05) is 24.7 Å². The number of thiazole rings is 1. The number of nitrogens with zero attached hydrogens (tertiary/aromatic N) is 2. The third-order valence-corrected chi connectivity index (χ3v) is 6.14. The molecule has 1 saturated carbocycles. The molecule has 3 rings (SSSR count). The van der Waals surface area contributed by atoms with Crippen LogP contribution in [0.4, 0.5) is 10.8 Å². The molecule has 1 aromatic heterocycles. The van der Waals surface area contributed by atoms with Gasteiger partial charge in [0, 0.05) is 31.2 Å². The van der Waals surface area contributed by atoms with Gasteiger partial charge < -0.3 is 10.6 Å². The van der Waals surface area contributed by atoms with Crippen LogP contribution in [0.2, 0.25) is 0 Å². The Kier molecular flexibility index (Phi) is 4.57. The van der Waals surface area contributed by atoms with Gasteiger partial charge in [0.15, 0.2) is 5.13 Å². The van der Waals surface area contributed by atoms with Gasteiger partial charge in [-0.2, -0.15) is 0 Å². The second-order valence-corrected chi connectivity index (χ2v) is 8.73. The number of amides is 1. The highest BCUT2D eigenvalue weighted by Crippen LogP contribution is 2.27. The first-order chi connectivity index (χ1) is 11.4. The first-order valence-electron chi connectivity index (χ1n) is 7.42. The van der Waals surface area contributed by atoms with Crippen molar-refractivity contribution in [1.29, 1.82) is 0 Å². The van der Waals surface area contributed by atoms with E-state index in [0.29, 0.717) is 17.4 Å². The molecule has 2 aromatic rings. The molecule has 2 N–H and O–H groups in total. The Bertz CT molecular complexity index is 840. The van der Waals surface area contributed by atoms with Crippen molar-refractivity contribution in [3.05, 3.63) is 35.3 Å². The molecular weight excluding hydrogens is 348 g/mol. The van der Waals surface area contributed by atoms with Gasteiger partial charge in [-0.3, -0.25) is 4.79 Å². The maximum atomic E-state index is 12.2. The molecular formula is C15H18N4O3S2. The van der Waals surface area contributed by atoms with E-state index >= 15 is 0 Å². The zero-order valence-corrected chi connectivity index (χ0v) is 14.9. The number of carbonyl (C=O) groups is 1. The Labute approximate surface area is 144 Å². The van der Waals surface area contributed by atoms with Crippen molar-refractivity contribution in [2.45, 2.75) is 23.8 Å². The van der Waals surface area contributed by atoms with Gasteiger partial charge in [0.1, 0.15) is 5.69 Å². The average Bonchev–Trinajstić information content (AvgIpc) is 3.22. The van der Waals surface area contributed by atoms with Crippen LogP contribution in [-0.4, -0.2) is 43.8 Å². The molecule has 24 heavy (non-hydrogen) atoms. The summed E-state index contributed by atoms with van der Waals surface area (Å²) in [4.78, 5) is 16.6. The fraction of sp³-hybridized carbons (Fsp3) is 0.333. The summed E-state index contributed by atoms with van der Waals surface area (Å²) >= 11 is 1.40. The molecule has 1 heterocycles. The van der Waals surface area contributed by atoms with Gasteiger partial charge in [-0.15, -0.1) is 11.3 Å². The fourth-order valence-electron chi connectivity index (χ4n) is 1.96. The van der Waals surface area contributed by atoms with Crippen molar-refractivity contribution < 1.29 is 13.2 Å². The van der Waals surface area contributed by atoms with Crippen molar-refractivity contribution >= 4 is 38.1 Å². The highest BCUT2D eigenvalue weighted by atomic mass is 32.2. The predicted octanol–water partition coefficient (Wildman–Crippen LogP) is 2.22. The summed E-state index contributed by atoms with van der Waals surface area (Å²) in [6, 6.07) is 6.53. The molecule has 1 fully saturated rings. The summed E-state index contributed by atoms with van der Waals surface area (Å²) in [7, 11) is -0.529. The molecule has 0 radical (unpaired) electrons. The number of hydrogen-bond donors (Lipinski definition) is 2. The molecule has 0 spiro atoms. The van der Waals surface area contributed by atoms with Gasteiger partial charge in [0.25, 0.3) is 5.91 Å². The maximum Gasteiger partial charge on any atom is 0.275 e. The van der Waals surface area contributed by atoms with Crippen LogP contribution in [0.15, 0.2) is 34.5 Å². The van der Waals surface area contributed by atoms with E-state index in [0.717, 1.165) is 22.3 Å². The van der Waals surface area contributed by atoms with Crippen LogP contribution in [0.25, 0.3) is 0 Å². The Hall–Kier alpha value is -1.97. The third kappa shape index (κ3) is 3.74. The van der Waals surface area contributed by atoms with Crippen molar-refractivity contribution in [1.82, 2.24) is 9.29 Å². The highest BCUT2D eigenvalue weighted by Gasteiger charge is 2.22. The minimum Gasteiger partial charge on any atom is -0.359 e. The monoisotopic (exact) mass is 366 g/mol. The van der Waals surface area contributed by atoms with Crippen LogP contribution in [0, 0.1) is 0 Å². The number of aromatic nitrogens is 1. The van der Waals surface area contributed by atoms with Gasteiger partial charge in [-0.25, -0.2) is 17.7 Å². The first-order valence-corrected chi connectivity index (χ1v) is 9.74. The van der Waals surface area contributed by atoms with E-state index in [1.165, 1.54) is 37.6 Å². The SMILES string of the molecule is CN(C)S(=O)(=O)c1ccc(NC(=O)c2csc(NC3CC3)n2)cc1. The van der Waals surface area contributed by atoms with E-state index in [9.17, 15) is 13.2 Å². The lowest BCUT2D eigenvalue weighted by atomic mass is 10.3. The molecule has 1 aliphatic carbocycles. The second-order valence-electron chi connectivity index (χ2n) is 5.72. The highest BCUT2D eigenvalue weighted by molar-refractivity contribution is 7.89. The van der Waals surface area contributed by atoms with E-state index < -0.39 is 10.0 Å². The fourth-order valence-corrected chi connectivity index (χ4v) is 3.63. The first kappa shape index (κ1) is 16.9. The Morgan fingerprint density at radius 3 is 2.50 bits per heavy atom. The van der Waals surface area contributed by atoms with Crippen LogP contribution >= 0.6 is 11.3 Å². The van der Waals surface area contributed by atoms with Crippen LogP contribution < -0.4 is 10.6 Å². The van der Waals surface area contributed by atoms with Crippen LogP contribution in [0.5, 0.6) is 0 Å². The lowest BCUT2D eigenvalue weighted by molar-refractivity contribution is 0.102. The summed E-state index contributed by atoms with van der Waals surface area (Å²) in [5.74, 6) is -0.321. The zero-order valence-electron chi connectivity index (χ0n) is 13.3. The molecule has 0 aliphatic heterocycles. The van der Waals surface area contributed by atoms with Gasteiger partial charge in [0.05, 0.1) is 4.90 Å². The number of anilines is 2. The van der Waals surface area contributed by atoms with E-state index in [1.54, 1.807) is 17.5 Å². The quantitative estimate of drug-likeness (QED) is 0.818. The normalized spacial score (nSPS) is 14.6. The summed E-state index contributed by atoms with van der Waals surface area (Å²) in [5, 5.41) is 8.41. The van der Waals surface area contributed by atoms with E-state index in [-0.39, 0.29) is 10.8 Å². The number of rotatable bonds is 6. The summed E-state index contributed by atoms with van der Waals surface area (Å²) in [5.41, 5.74) is 0.857. The Balaban J connectivity index is 1.67. The van der Waals surface area contributed by atoms with Crippen molar-refractivity contribution in [3.63, 3.8) is 0 Å². The van der Waals surface area contributed by atoms with Crippen molar-refractivity contribution in [3.8, 4) is 0 Å². The largest absolute Gasteiger partial charge is 0.359 e. The Morgan fingerprint density at radius 1 is 1.25 bits per heavy atom. The lowest BCUT2D eigenvalue weighted by Crippen LogP contribution is -2.22. The summed E-state index contributed by atoms with van der Waals surface area (Å²) in [6.45, 7) is 0. The molecule has 1 aliphatic rings. The molecule has 0 unspecified atom stereocenters. The molecule has 128 valence electrons. The van der Waals surface area contributed by atoms with Gasteiger partial charge >= 0.3 is 0 Å². The number of nitrogens with one attached hydrogen (secondary N) is 2. The number of hydrogen-bond acceptors (Lipinski definition) is 6. The van der Waals surface area contributed by atoms with Crippen LogP contribution in [-0.2, 0) is 10.0 Å². The minimum atomic E-state index is -3.47. The smallest absolute Gasteiger partial charge is 0.275 e. The molecule has 0 saturated heterocycles. The number of benzene rings is 1. The van der Waals surface area contributed by atoms with Gasteiger partial charge in [0.2, 0.25) is 10.0 Å². The molecule has 1 amide bonds. The van der Waals surface area contributed by atoms with Gasteiger partial charge in [-0.1, -0.05) is 0 Å². The molecule has 0 bridgehead atoms. The number of sulfonamides is 1. The molecule has 1 aromatic carbocycles. The molecule has 0 atom stereocenters. The zero-order chi connectivity index (χ0) is 17.3. The Morgan fingerprint density at radius 2 is 1.92 bits per heavy atom. The lowest BCUT2D eigenvalue weighted by Gasteiger charge is -2.11. The third-order valence-electron chi connectivity index (χ3n) is 3.53. The van der Waals surface area contributed by atoms with Gasteiger partial charge in [-0.05, 0) is 37.1 Å². The summed E-state index contributed by atoms with van der Waals surface area (Å²) < 4.78 is 25.2. The standard InChI is InChI=1S/C15H18N4O3S2/c1-19(2)24(21,22)12-7-5-10(6-8-12)16-14(20)13-9-23-15(18-13)17-11-3-4-11/h5-9,11H,3-4H2,1-2H3,(H,16,20)(H,17,18). The van der Waals surface area contributed by atoms with E-state index in [2.05, 4.69) is 15.6 Å². The minimum absolute atomic E-state index is 0.176. The van der Waals surface area contributed by atoms with Crippen LogP contribution in [0.1, 0.15) is 23.3 Å². The molecule has 7 nitrogen and oxygen atoms in total. The summed E-state index contributed by atoms with van der Waals surface area (Å²) in [6.07, 6.45) is 2.28. The second kappa shape index (κ2) is 6.50.